The lowest BCUT2D eigenvalue weighted by Crippen LogP contribution is -2.56. The third-order valence-corrected chi connectivity index (χ3v) is 4.21. The van der Waals surface area contributed by atoms with E-state index in [9.17, 15) is 0 Å². The molecule has 2 aromatic rings. The molecular weight excluding hydrogens is 244 g/mol. The van der Waals surface area contributed by atoms with Crippen LogP contribution in [0.2, 0.25) is 0 Å². The molecule has 1 saturated heterocycles. The number of benzene rings is 2. The van der Waals surface area contributed by atoms with Gasteiger partial charge in [0.25, 0.3) is 0 Å². The zero-order valence-electron chi connectivity index (χ0n) is 12.3. The Hall–Kier alpha value is -1.80. The summed E-state index contributed by atoms with van der Waals surface area (Å²) in [6, 6.07) is 19.6. The fraction of sp³-hybridized carbons (Fsp3) is 0.333. The van der Waals surface area contributed by atoms with E-state index in [2.05, 4.69) is 78.7 Å². The van der Waals surface area contributed by atoms with E-state index in [0.29, 0.717) is 0 Å². The highest BCUT2D eigenvalue weighted by Gasteiger charge is 2.32. The highest BCUT2D eigenvalue weighted by atomic mass is 15.2. The van der Waals surface area contributed by atoms with Crippen molar-refractivity contribution in [2.75, 3.05) is 24.5 Å². The van der Waals surface area contributed by atoms with Crippen LogP contribution in [0.5, 0.6) is 0 Å². The largest absolute Gasteiger partial charge is 0.368 e. The summed E-state index contributed by atoms with van der Waals surface area (Å²) in [6.45, 7) is 7.50. The van der Waals surface area contributed by atoms with Gasteiger partial charge in [0, 0.05) is 25.3 Å². The summed E-state index contributed by atoms with van der Waals surface area (Å²) in [5.74, 6) is 0. The molecule has 0 bridgehead atoms. The van der Waals surface area contributed by atoms with Crippen molar-refractivity contribution in [2.45, 2.75) is 19.4 Å². The van der Waals surface area contributed by atoms with Gasteiger partial charge in [-0.25, -0.2) is 0 Å². The van der Waals surface area contributed by atoms with Gasteiger partial charge in [0.1, 0.15) is 0 Å². The molecule has 0 saturated carbocycles. The second kappa shape index (κ2) is 5.29. The molecule has 0 aromatic heterocycles. The topological polar surface area (TPSA) is 15.3 Å². The van der Waals surface area contributed by atoms with Crippen molar-refractivity contribution in [3.05, 3.63) is 65.7 Å². The monoisotopic (exact) mass is 266 g/mol. The number of hydrogen-bond acceptors (Lipinski definition) is 2. The molecule has 20 heavy (non-hydrogen) atoms. The predicted octanol–water partition coefficient (Wildman–Crippen LogP) is 3.32. The van der Waals surface area contributed by atoms with E-state index in [-0.39, 0.29) is 5.54 Å². The maximum atomic E-state index is 3.68. The zero-order chi connectivity index (χ0) is 14.0. The van der Waals surface area contributed by atoms with Crippen LogP contribution in [0.4, 0.5) is 5.69 Å². The van der Waals surface area contributed by atoms with E-state index < -0.39 is 0 Å². The first-order valence-corrected chi connectivity index (χ1v) is 7.30. The van der Waals surface area contributed by atoms with Crippen molar-refractivity contribution in [3.8, 4) is 0 Å². The molecule has 1 N–H and O–H groups in total. The first kappa shape index (κ1) is 13.2. The van der Waals surface area contributed by atoms with Crippen molar-refractivity contribution in [1.82, 2.24) is 5.32 Å². The fourth-order valence-corrected chi connectivity index (χ4v) is 2.96. The number of rotatable bonds is 2. The van der Waals surface area contributed by atoms with Crippen LogP contribution in [0.25, 0.3) is 0 Å². The first-order valence-electron chi connectivity index (χ1n) is 7.30. The molecule has 1 aliphatic rings. The molecule has 1 atom stereocenters. The number of nitrogens with zero attached hydrogens (tertiary/aromatic N) is 1. The lowest BCUT2D eigenvalue weighted by Gasteiger charge is -2.43. The quantitative estimate of drug-likeness (QED) is 0.897. The van der Waals surface area contributed by atoms with E-state index in [4.69, 9.17) is 0 Å². The molecular formula is C18H22N2. The molecule has 0 radical (unpaired) electrons. The van der Waals surface area contributed by atoms with Gasteiger partial charge in [-0.2, -0.15) is 0 Å². The van der Waals surface area contributed by atoms with Gasteiger partial charge in [-0.05, 0) is 31.5 Å². The van der Waals surface area contributed by atoms with Crippen LogP contribution in [-0.4, -0.2) is 19.6 Å². The molecule has 1 heterocycles. The first-order chi connectivity index (χ1) is 9.67. The van der Waals surface area contributed by atoms with Gasteiger partial charge in [-0.15, -0.1) is 0 Å². The lowest BCUT2D eigenvalue weighted by atomic mass is 9.89. The Morgan fingerprint density at radius 3 is 2.40 bits per heavy atom. The smallest absolute Gasteiger partial charge is 0.0584 e. The van der Waals surface area contributed by atoms with Crippen molar-refractivity contribution >= 4 is 5.69 Å². The summed E-state index contributed by atoms with van der Waals surface area (Å²) < 4.78 is 0. The summed E-state index contributed by atoms with van der Waals surface area (Å²) in [7, 11) is 0. The minimum Gasteiger partial charge on any atom is -0.368 e. The maximum absolute atomic E-state index is 3.68. The highest BCUT2D eigenvalue weighted by Crippen LogP contribution is 2.27. The lowest BCUT2D eigenvalue weighted by molar-refractivity contribution is 0.332. The molecule has 3 rings (SSSR count). The molecule has 1 unspecified atom stereocenters. The van der Waals surface area contributed by atoms with Crippen LogP contribution < -0.4 is 10.2 Å². The SMILES string of the molecule is Cc1ccc(N2CCNC(C)(c3ccccc3)C2)cc1. The average Bonchev–Trinajstić information content (AvgIpc) is 2.49. The Labute approximate surface area is 121 Å². The third kappa shape index (κ3) is 2.56. The van der Waals surface area contributed by atoms with Gasteiger partial charge in [0.2, 0.25) is 0 Å². The summed E-state index contributed by atoms with van der Waals surface area (Å²) in [4.78, 5) is 2.48. The summed E-state index contributed by atoms with van der Waals surface area (Å²) >= 11 is 0. The Bertz CT molecular complexity index is 562. The molecule has 1 aliphatic heterocycles. The maximum Gasteiger partial charge on any atom is 0.0584 e. The van der Waals surface area contributed by atoms with E-state index in [0.717, 1.165) is 19.6 Å². The van der Waals surface area contributed by atoms with E-state index in [1.54, 1.807) is 0 Å². The van der Waals surface area contributed by atoms with Gasteiger partial charge < -0.3 is 10.2 Å². The van der Waals surface area contributed by atoms with Gasteiger partial charge in [-0.3, -0.25) is 0 Å². The van der Waals surface area contributed by atoms with Crippen LogP contribution in [-0.2, 0) is 5.54 Å². The summed E-state index contributed by atoms with van der Waals surface area (Å²) in [5.41, 5.74) is 4.01. The normalized spacial score (nSPS) is 22.8. The molecule has 1 fully saturated rings. The molecule has 0 amide bonds. The molecule has 0 aliphatic carbocycles. The van der Waals surface area contributed by atoms with E-state index in [1.165, 1.54) is 16.8 Å². The Balaban J connectivity index is 1.84. The van der Waals surface area contributed by atoms with Crippen molar-refractivity contribution in [2.24, 2.45) is 0 Å². The fourth-order valence-electron chi connectivity index (χ4n) is 2.96. The van der Waals surface area contributed by atoms with Gasteiger partial charge in [0.05, 0.1) is 5.54 Å². The predicted molar refractivity (Wildman–Crippen MR) is 85.2 cm³/mol. The standard InChI is InChI=1S/C18H22N2/c1-15-8-10-17(11-9-15)20-13-12-19-18(2,14-20)16-6-4-3-5-7-16/h3-11,19H,12-14H2,1-2H3. The van der Waals surface area contributed by atoms with Crippen molar-refractivity contribution < 1.29 is 0 Å². The Morgan fingerprint density at radius 2 is 1.70 bits per heavy atom. The molecule has 104 valence electrons. The van der Waals surface area contributed by atoms with E-state index >= 15 is 0 Å². The Kier molecular flexibility index (Phi) is 3.49. The number of piperazine rings is 1. The third-order valence-electron chi connectivity index (χ3n) is 4.21. The zero-order valence-corrected chi connectivity index (χ0v) is 12.3. The minimum atomic E-state index is 0.0183. The minimum absolute atomic E-state index is 0.0183. The number of aryl methyl sites for hydroxylation is 1. The van der Waals surface area contributed by atoms with Gasteiger partial charge >= 0.3 is 0 Å². The average molecular weight is 266 g/mol. The molecule has 2 nitrogen and oxygen atoms in total. The summed E-state index contributed by atoms with van der Waals surface area (Å²) in [6.07, 6.45) is 0. The molecule has 2 heteroatoms. The molecule has 0 spiro atoms. The van der Waals surface area contributed by atoms with Crippen LogP contribution in [0.3, 0.4) is 0 Å². The second-order valence-corrected chi connectivity index (χ2v) is 5.88. The van der Waals surface area contributed by atoms with Crippen molar-refractivity contribution in [1.29, 1.82) is 0 Å². The van der Waals surface area contributed by atoms with Gasteiger partial charge in [-0.1, -0.05) is 48.0 Å². The molecule has 2 aromatic carbocycles. The highest BCUT2D eigenvalue weighted by molar-refractivity contribution is 5.49. The van der Waals surface area contributed by atoms with Crippen LogP contribution >= 0.6 is 0 Å². The second-order valence-electron chi connectivity index (χ2n) is 5.88. The van der Waals surface area contributed by atoms with Crippen LogP contribution in [0.15, 0.2) is 54.6 Å². The van der Waals surface area contributed by atoms with E-state index in [1.807, 2.05) is 0 Å². The van der Waals surface area contributed by atoms with Crippen LogP contribution in [0, 0.1) is 6.92 Å². The summed E-state index contributed by atoms with van der Waals surface area (Å²) in [5, 5.41) is 3.68. The Morgan fingerprint density at radius 1 is 1.00 bits per heavy atom. The van der Waals surface area contributed by atoms with Gasteiger partial charge in [0.15, 0.2) is 0 Å². The number of hydrogen-bond donors (Lipinski definition) is 1. The van der Waals surface area contributed by atoms with Crippen LogP contribution in [0.1, 0.15) is 18.1 Å². The number of anilines is 1. The number of nitrogens with one attached hydrogen (secondary N) is 1. The van der Waals surface area contributed by atoms with Crippen molar-refractivity contribution in [3.63, 3.8) is 0 Å².